The Morgan fingerprint density at radius 1 is 1.55 bits per heavy atom. The fourth-order valence-corrected chi connectivity index (χ4v) is 0.814. The molecule has 0 rings (SSSR count). The second-order valence-electron chi connectivity index (χ2n) is 2.34. The molecule has 0 aromatic heterocycles. The normalized spacial score (nSPS) is 9.00. The van der Waals surface area contributed by atoms with Gasteiger partial charge in [0.2, 0.25) is 5.91 Å². The third-order valence-electron chi connectivity index (χ3n) is 0.937. The number of hydrogen-bond acceptors (Lipinski definition) is 3. The second-order valence-corrected chi connectivity index (χ2v) is 3.32. The summed E-state index contributed by atoms with van der Waals surface area (Å²) in [5.41, 5.74) is 3.32. The number of hydrazone groups is 1. The molecule has 0 heterocycles. The second kappa shape index (κ2) is 6.22. The number of carbonyl (C=O) groups is 1. The zero-order valence-electron chi connectivity index (χ0n) is 7.18. The number of carbonyl (C=O) groups excluding carboxylic acids is 1. The minimum absolute atomic E-state index is 0.0134. The third-order valence-corrected chi connectivity index (χ3v) is 1.55. The highest BCUT2D eigenvalue weighted by molar-refractivity contribution is 7.98. The van der Waals surface area contributed by atoms with Crippen molar-refractivity contribution in [1.29, 1.82) is 0 Å². The monoisotopic (exact) mass is 174 g/mol. The third kappa shape index (κ3) is 7.39. The summed E-state index contributed by atoms with van der Waals surface area (Å²) in [5, 5.41) is 3.79. The lowest BCUT2D eigenvalue weighted by atomic mass is 10.5. The van der Waals surface area contributed by atoms with Crippen molar-refractivity contribution in [3.63, 3.8) is 0 Å². The van der Waals surface area contributed by atoms with E-state index in [0.29, 0.717) is 6.42 Å². The molecule has 0 aliphatic carbocycles. The van der Waals surface area contributed by atoms with Crippen LogP contribution in [0.4, 0.5) is 0 Å². The number of thioether (sulfide) groups is 1. The molecule has 4 heteroatoms. The molecule has 0 bridgehead atoms. The van der Waals surface area contributed by atoms with E-state index in [-0.39, 0.29) is 5.91 Å². The van der Waals surface area contributed by atoms with Gasteiger partial charge in [-0.05, 0) is 20.1 Å². The van der Waals surface area contributed by atoms with Crippen molar-refractivity contribution < 1.29 is 4.79 Å². The van der Waals surface area contributed by atoms with Crippen LogP contribution in [0.5, 0.6) is 0 Å². The topological polar surface area (TPSA) is 41.5 Å². The largest absolute Gasteiger partial charge is 0.273 e. The van der Waals surface area contributed by atoms with Crippen molar-refractivity contribution in [1.82, 2.24) is 5.43 Å². The van der Waals surface area contributed by atoms with Crippen LogP contribution < -0.4 is 5.43 Å². The molecule has 0 saturated heterocycles. The van der Waals surface area contributed by atoms with Crippen molar-refractivity contribution in [2.75, 3.05) is 12.0 Å². The first kappa shape index (κ1) is 10.5. The van der Waals surface area contributed by atoms with Crippen molar-refractivity contribution in [2.45, 2.75) is 20.3 Å². The highest BCUT2D eigenvalue weighted by Crippen LogP contribution is 1.94. The van der Waals surface area contributed by atoms with Gasteiger partial charge in [-0.3, -0.25) is 4.79 Å². The van der Waals surface area contributed by atoms with Gasteiger partial charge in [-0.15, -0.1) is 0 Å². The summed E-state index contributed by atoms with van der Waals surface area (Å²) < 4.78 is 0. The average molecular weight is 174 g/mol. The number of nitrogens with zero attached hydrogens (tertiary/aromatic N) is 1. The van der Waals surface area contributed by atoms with Crippen LogP contribution in [0, 0.1) is 0 Å². The molecular weight excluding hydrogens is 160 g/mol. The van der Waals surface area contributed by atoms with Crippen LogP contribution in [0.25, 0.3) is 0 Å². The molecule has 64 valence electrons. The Morgan fingerprint density at radius 2 is 2.18 bits per heavy atom. The standard InChI is InChI=1S/C7H14N2OS/c1-6(2)8-9-7(10)4-5-11-3/h4-5H2,1-3H3,(H,9,10). The molecule has 0 atom stereocenters. The van der Waals surface area contributed by atoms with Crippen LogP contribution in [0.1, 0.15) is 20.3 Å². The average Bonchev–Trinajstić information content (AvgIpc) is 1.97. The zero-order valence-corrected chi connectivity index (χ0v) is 7.99. The van der Waals surface area contributed by atoms with E-state index in [1.54, 1.807) is 11.8 Å². The molecule has 3 nitrogen and oxygen atoms in total. The molecule has 0 aliphatic rings. The number of rotatable bonds is 4. The maximum Gasteiger partial charge on any atom is 0.240 e. The summed E-state index contributed by atoms with van der Waals surface area (Å²) in [5.74, 6) is 0.838. The van der Waals surface area contributed by atoms with Crippen LogP contribution in [-0.2, 0) is 4.79 Å². The highest BCUT2D eigenvalue weighted by Gasteiger charge is 1.96. The zero-order chi connectivity index (χ0) is 8.69. The molecule has 0 saturated carbocycles. The summed E-state index contributed by atoms with van der Waals surface area (Å²) >= 11 is 1.65. The Bertz CT molecular complexity index is 153. The maximum absolute atomic E-state index is 10.9. The van der Waals surface area contributed by atoms with Gasteiger partial charge in [0.15, 0.2) is 0 Å². The van der Waals surface area contributed by atoms with Crippen LogP contribution in [0.2, 0.25) is 0 Å². The van der Waals surface area contributed by atoms with Gasteiger partial charge in [0.1, 0.15) is 0 Å². The van der Waals surface area contributed by atoms with E-state index in [1.165, 1.54) is 0 Å². The van der Waals surface area contributed by atoms with E-state index in [0.717, 1.165) is 11.5 Å². The summed E-state index contributed by atoms with van der Waals surface area (Å²) in [6, 6.07) is 0. The predicted molar refractivity (Wildman–Crippen MR) is 49.9 cm³/mol. The Hall–Kier alpha value is -0.510. The first-order valence-corrected chi connectivity index (χ1v) is 4.85. The minimum atomic E-state index is -0.0134. The molecule has 11 heavy (non-hydrogen) atoms. The molecule has 0 unspecified atom stereocenters. The Balaban J connectivity index is 3.45. The Labute approximate surface area is 71.6 Å². The SMILES string of the molecule is CSCCC(=O)NN=C(C)C. The first-order chi connectivity index (χ1) is 5.16. The van der Waals surface area contributed by atoms with Gasteiger partial charge in [0, 0.05) is 17.9 Å². The number of hydrogen-bond donors (Lipinski definition) is 1. The van der Waals surface area contributed by atoms with Crippen LogP contribution in [0.15, 0.2) is 5.10 Å². The molecule has 1 amide bonds. The van der Waals surface area contributed by atoms with E-state index in [9.17, 15) is 4.79 Å². The quantitative estimate of drug-likeness (QED) is 0.515. The molecular formula is C7H14N2OS. The van der Waals surface area contributed by atoms with Gasteiger partial charge in [-0.2, -0.15) is 16.9 Å². The van der Waals surface area contributed by atoms with Gasteiger partial charge in [-0.25, -0.2) is 5.43 Å². The fraction of sp³-hybridized carbons (Fsp3) is 0.714. The summed E-state index contributed by atoms with van der Waals surface area (Å²) in [6.45, 7) is 3.68. The minimum Gasteiger partial charge on any atom is -0.273 e. The van der Waals surface area contributed by atoms with Crippen molar-refractivity contribution >= 4 is 23.4 Å². The van der Waals surface area contributed by atoms with Crippen molar-refractivity contribution in [3.05, 3.63) is 0 Å². The molecule has 0 radical (unpaired) electrons. The highest BCUT2D eigenvalue weighted by atomic mass is 32.2. The van der Waals surface area contributed by atoms with E-state index in [2.05, 4.69) is 10.5 Å². The number of amides is 1. The van der Waals surface area contributed by atoms with Gasteiger partial charge in [-0.1, -0.05) is 0 Å². The van der Waals surface area contributed by atoms with E-state index >= 15 is 0 Å². The first-order valence-electron chi connectivity index (χ1n) is 3.45. The summed E-state index contributed by atoms with van der Waals surface area (Å²) in [4.78, 5) is 10.9. The lowest BCUT2D eigenvalue weighted by Crippen LogP contribution is -2.18. The van der Waals surface area contributed by atoms with E-state index in [4.69, 9.17) is 0 Å². The smallest absolute Gasteiger partial charge is 0.240 e. The van der Waals surface area contributed by atoms with Gasteiger partial charge < -0.3 is 0 Å². The van der Waals surface area contributed by atoms with Gasteiger partial charge in [0.05, 0.1) is 0 Å². The van der Waals surface area contributed by atoms with E-state index in [1.807, 2.05) is 20.1 Å². The molecule has 0 spiro atoms. The van der Waals surface area contributed by atoms with Crippen LogP contribution in [0.3, 0.4) is 0 Å². The van der Waals surface area contributed by atoms with Crippen LogP contribution >= 0.6 is 11.8 Å². The lowest BCUT2D eigenvalue weighted by Gasteiger charge is -1.97. The molecule has 0 aromatic carbocycles. The molecule has 0 aliphatic heterocycles. The fourth-order valence-electron chi connectivity index (χ4n) is 0.425. The summed E-state index contributed by atoms with van der Waals surface area (Å²) in [6.07, 6.45) is 2.51. The van der Waals surface area contributed by atoms with Crippen LogP contribution in [-0.4, -0.2) is 23.6 Å². The predicted octanol–water partition coefficient (Wildman–Crippen LogP) is 1.25. The Kier molecular flexibility index (Phi) is 5.93. The van der Waals surface area contributed by atoms with E-state index < -0.39 is 0 Å². The van der Waals surface area contributed by atoms with Gasteiger partial charge in [0.25, 0.3) is 0 Å². The molecule has 0 aromatic rings. The summed E-state index contributed by atoms with van der Waals surface area (Å²) in [7, 11) is 0. The van der Waals surface area contributed by atoms with Gasteiger partial charge >= 0.3 is 0 Å². The number of nitrogens with one attached hydrogen (secondary N) is 1. The lowest BCUT2D eigenvalue weighted by molar-refractivity contribution is -0.120. The molecule has 1 N–H and O–H groups in total. The molecule has 0 fully saturated rings. The van der Waals surface area contributed by atoms with Crippen molar-refractivity contribution in [2.24, 2.45) is 5.10 Å². The maximum atomic E-state index is 10.9. The van der Waals surface area contributed by atoms with Crippen molar-refractivity contribution in [3.8, 4) is 0 Å². The Morgan fingerprint density at radius 3 is 2.64 bits per heavy atom.